The third kappa shape index (κ3) is 4.82. The smallest absolute Gasteiger partial charge is 0.259 e. The number of ether oxygens (including phenoxy) is 3. The first kappa shape index (κ1) is 23.4. The second-order valence-electron chi connectivity index (χ2n) is 8.99. The lowest BCUT2D eigenvalue weighted by Crippen LogP contribution is -2.42. The largest absolute Gasteiger partial charge is 0.493 e. The van der Waals surface area contributed by atoms with Gasteiger partial charge in [-0.05, 0) is 56.5 Å². The Morgan fingerprint density at radius 1 is 1.19 bits per heavy atom. The molecule has 3 rings (SSSR count). The van der Waals surface area contributed by atoms with Crippen molar-refractivity contribution in [2.75, 3.05) is 37.6 Å². The van der Waals surface area contributed by atoms with Crippen LogP contribution in [-0.2, 0) is 4.79 Å². The topological polar surface area (TPSA) is 77.1 Å². The van der Waals surface area contributed by atoms with E-state index >= 15 is 0 Å². The van der Waals surface area contributed by atoms with E-state index in [2.05, 4.69) is 19.2 Å². The Bertz CT molecular complexity index is 1000. The highest BCUT2D eigenvalue weighted by Crippen LogP contribution is 2.39. The molecule has 32 heavy (non-hydrogen) atoms. The molecule has 0 atom stereocenters. The molecule has 2 aromatic carbocycles. The van der Waals surface area contributed by atoms with Crippen molar-refractivity contribution in [3.05, 3.63) is 42.0 Å². The average Bonchev–Trinajstić information content (AvgIpc) is 2.85. The molecule has 1 aliphatic heterocycles. The van der Waals surface area contributed by atoms with E-state index < -0.39 is 5.41 Å². The Morgan fingerprint density at radius 2 is 1.94 bits per heavy atom. The molecule has 0 unspecified atom stereocenters. The van der Waals surface area contributed by atoms with E-state index in [1.54, 1.807) is 41.3 Å². The van der Waals surface area contributed by atoms with Crippen LogP contribution in [0, 0.1) is 11.3 Å². The zero-order valence-corrected chi connectivity index (χ0v) is 19.7. The molecule has 2 aromatic rings. The van der Waals surface area contributed by atoms with Gasteiger partial charge in [-0.2, -0.15) is 0 Å². The number of carbonyl (C=O) groups excluding carboxylic acids is 2. The number of nitrogens with one attached hydrogen (secondary N) is 1. The van der Waals surface area contributed by atoms with E-state index in [0.717, 1.165) is 6.42 Å². The van der Waals surface area contributed by atoms with Gasteiger partial charge in [0.25, 0.3) is 5.91 Å². The van der Waals surface area contributed by atoms with Gasteiger partial charge in [-0.1, -0.05) is 19.9 Å². The van der Waals surface area contributed by atoms with E-state index in [-0.39, 0.29) is 11.8 Å². The Morgan fingerprint density at radius 3 is 2.59 bits per heavy atom. The third-order valence-corrected chi connectivity index (χ3v) is 5.50. The third-order valence-electron chi connectivity index (χ3n) is 5.50. The molecule has 0 saturated carbocycles. The molecule has 0 fully saturated rings. The fourth-order valence-electron chi connectivity index (χ4n) is 3.60. The maximum absolute atomic E-state index is 13.3. The van der Waals surface area contributed by atoms with Crippen LogP contribution in [0.25, 0.3) is 0 Å². The highest BCUT2D eigenvalue weighted by Gasteiger charge is 2.37. The molecule has 172 valence electrons. The number of carbonyl (C=O) groups is 2. The summed E-state index contributed by atoms with van der Waals surface area (Å²) < 4.78 is 16.6. The predicted octanol–water partition coefficient (Wildman–Crippen LogP) is 4.75. The number of methoxy groups -OCH3 is 2. The predicted molar refractivity (Wildman–Crippen MR) is 125 cm³/mol. The molecule has 7 heteroatoms. The first-order valence-corrected chi connectivity index (χ1v) is 10.8. The summed E-state index contributed by atoms with van der Waals surface area (Å²) in [5, 5.41) is 2.91. The van der Waals surface area contributed by atoms with Crippen molar-refractivity contribution in [3.63, 3.8) is 0 Å². The van der Waals surface area contributed by atoms with Crippen LogP contribution in [0.4, 0.5) is 11.4 Å². The molecule has 0 aliphatic carbocycles. The van der Waals surface area contributed by atoms with Crippen LogP contribution in [0.1, 0.15) is 44.5 Å². The molecule has 0 radical (unpaired) electrons. The van der Waals surface area contributed by atoms with Gasteiger partial charge in [0.05, 0.1) is 30.9 Å². The number of hydrogen-bond acceptors (Lipinski definition) is 5. The van der Waals surface area contributed by atoms with E-state index in [1.165, 1.54) is 14.2 Å². The average molecular weight is 441 g/mol. The molecular weight excluding hydrogens is 408 g/mol. The van der Waals surface area contributed by atoms with Gasteiger partial charge < -0.3 is 24.4 Å². The van der Waals surface area contributed by atoms with Crippen LogP contribution in [0.15, 0.2) is 36.4 Å². The van der Waals surface area contributed by atoms with Crippen LogP contribution in [-0.4, -0.2) is 39.2 Å². The highest BCUT2D eigenvalue weighted by atomic mass is 16.5. The van der Waals surface area contributed by atoms with Gasteiger partial charge in [-0.15, -0.1) is 0 Å². The molecule has 1 N–H and O–H groups in total. The first-order valence-electron chi connectivity index (χ1n) is 10.8. The number of benzene rings is 2. The van der Waals surface area contributed by atoms with Crippen LogP contribution < -0.4 is 24.4 Å². The fraction of sp³-hybridized carbons (Fsp3) is 0.440. The minimum absolute atomic E-state index is 0.00911. The van der Waals surface area contributed by atoms with E-state index in [4.69, 9.17) is 14.2 Å². The first-order chi connectivity index (χ1) is 15.2. The number of amides is 2. The molecular formula is C25H32N2O5. The lowest BCUT2D eigenvalue weighted by Gasteiger charge is -2.28. The quantitative estimate of drug-likeness (QED) is 0.672. The minimum atomic E-state index is -0.645. The molecule has 7 nitrogen and oxygen atoms in total. The number of hydrogen-bond donors (Lipinski definition) is 1. The second kappa shape index (κ2) is 9.51. The standard InChI is InChI=1S/C25H32N2O5/c1-16(2)12-13-27-19-14-17(10-11-20(19)32-15-25(3,4)24(27)29)26-23(28)18-8-7-9-21(30-5)22(18)31-6/h7-11,14,16H,12-13,15H2,1-6H3,(H,26,28). The zero-order valence-electron chi connectivity index (χ0n) is 19.7. The number of rotatable bonds is 7. The lowest BCUT2D eigenvalue weighted by atomic mass is 9.92. The number of para-hydroxylation sites is 1. The van der Waals surface area contributed by atoms with Gasteiger partial charge in [0.2, 0.25) is 5.91 Å². The van der Waals surface area contributed by atoms with Crippen molar-refractivity contribution in [2.24, 2.45) is 11.3 Å². The maximum Gasteiger partial charge on any atom is 0.259 e. The van der Waals surface area contributed by atoms with Crippen LogP contribution in [0.3, 0.4) is 0 Å². The molecule has 0 bridgehead atoms. The van der Waals surface area contributed by atoms with Crippen molar-refractivity contribution >= 4 is 23.2 Å². The van der Waals surface area contributed by atoms with E-state index in [9.17, 15) is 9.59 Å². The summed E-state index contributed by atoms with van der Waals surface area (Å²) in [7, 11) is 3.02. The van der Waals surface area contributed by atoms with Gasteiger partial charge in [0, 0.05) is 12.2 Å². The Hall–Kier alpha value is -3.22. The molecule has 0 spiro atoms. The van der Waals surface area contributed by atoms with Crippen molar-refractivity contribution in [1.82, 2.24) is 0 Å². The summed E-state index contributed by atoms with van der Waals surface area (Å²) in [5.41, 5.74) is 0.931. The van der Waals surface area contributed by atoms with Gasteiger partial charge in [-0.25, -0.2) is 0 Å². The Kier molecular flexibility index (Phi) is 6.96. The van der Waals surface area contributed by atoms with Crippen molar-refractivity contribution < 1.29 is 23.8 Å². The van der Waals surface area contributed by atoms with Crippen LogP contribution >= 0.6 is 0 Å². The number of anilines is 2. The Balaban J connectivity index is 1.94. The molecule has 1 aliphatic rings. The second-order valence-corrected chi connectivity index (χ2v) is 8.99. The summed E-state index contributed by atoms with van der Waals surface area (Å²) in [6.45, 7) is 8.91. The minimum Gasteiger partial charge on any atom is -0.493 e. The molecule has 1 heterocycles. The lowest BCUT2D eigenvalue weighted by molar-refractivity contribution is -0.127. The van der Waals surface area contributed by atoms with Gasteiger partial charge >= 0.3 is 0 Å². The SMILES string of the molecule is COc1cccc(C(=O)Nc2ccc3c(c2)N(CCC(C)C)C(=O)C(C)(C)CO3)c1OC. The zero-order chi connectivity index (χ0) is 23.5. The normalized spacial score (nSPS) is 15.0. The van der Waals surface area contributed by atoms with E-state index in [1.807, 2.05) is 13.8 Å². The molecule has 0 aromatic heterocycles. The van der Waals surface area contributed by atoms with Crippen molar-refractivity contribution in [3.8, 4) is 17.2 Å². The summed E-state index contributed by atoms with van der Waals surface area (Å²) in [4.78, 5) is 28.1. The van der Waals surface area contributed by atoms with Crippen LogP contribution in [0.5, 0.6) is 17.2 Å². The van der Waals surface area contributed by atoms with Gasteiger partial charge in [0.1, 0.15) is 12.4 Å². The fourth-order valence-corrected chi connectivity index (χ4v) is 3.60. The number of nitrogens with zero attached hydrogens (tertiary/aromatic N) is 1. The molecule has 0 saturated heterocycles. The highest BCUT2D eigenvalue weighted by molar-refractivity contribution is 6.07. The summed E-state index contributed by atoms with van der Waals surface area (Å²) in [6.07, 6.45) is 0.860. The Labute approximate surface area is 189 Å². The monoisotopic (exact) mass is 440 g/mol. The summed E-state index contributed by atoms with van der Waals surface area (Å²) >= 11 is 0. The van der Waals surface area contributed by atoms with Crippen LogP contribution in [0.2, 0.25) is 0 Å². The van der Waals surface area contributed by atoms with Crippen molar-refractivity contribution in [2.45, 2.75) is 34.1 Å². The summed E-state index contributed by atoms with van der Waals surface area (Å²) in [5.74, 6) is 1.58. The molecule has 2 amide bonds. The maximum atomic E-state index is 13.3. The van der Waals surface area contributed by atoms with Crippen molar-refractivity contribution in [1.29, 1.82) is 0 Å². The van der Waals surface area contributed by atoms with Gasteiger partial charge in [0.15, 0.2) is 11.5 Å². The van der Waals surface area contributed by atoms with Gasteiger partial charge in [-0.3, -0.25) is 9.59 Å². The van der Waals surface area contributed by atoms with E-state index in [0.29, 0.717) is 53.3 Å². The number of fused-ring (bicyclic) bond motifs is 1. The summed E-state index contributed by atoms with van der Waals surface area (Å²) in [6, 6.07) is 10.5.